The molecule has 1 aromatic carbocycles. The lowest BCUT2D eigenvalue weighted by Crippen LogP contribution is -2.31. The molecule has 3 atom stereocenters. The molecule has 1 saturated carbocycles. The highest BCUT2D eigenvalue weighted by atomic mass is 16.3. The summed E-state index contributed by atoms with van der Waals surface area (Å²) in [6.07, 6.45) is 1.29. The molecule has 2 nitrogen and oxygen atoms in total. The lowest BCUT2D eigenvalue weighted by molar-refractivity contribution is 0.250. The first-order valence-electron chi connectivity index (χ1n) is 5.70. The van der Waals surface area contributed by atoms with Crippen LogP contribution in [-0.2, 0) is 0 Å². The average Bonchev–Trinajstić information content (AvgIpc) is 3.06. The molecule has 0 aromatic heterocycles. The number of aliphatic hydroxyl groups is 1. The van der Waals surface area contributed by atoms with Gasteiger partial charge in [-0.25, -0.2) is 0 Å². The van der Waals surface area contributed by atoms with Gasteiger partial charge < -0.3 is 10.4 Å². The predicted octanol–water partition coefficient (Wildman–Crippen LogP) is 1.76. The van der Waals surface area contributed by atoms with E-state index in [-0.39, 0.29) is 12.6 Å². The van der Waals surface area contributed by atoms with E-state index >= 15 is 0 Å². The van der Waals surface area contributed by atoms with Crippen molar-refractivity contribution < 1.29 is 5.11 Å². The fourth-order valence-electron chi connectivity index (χ4n) is 2.00. The van der Waals surface area contributed by atoms with Crippen molar-refractivity contribution in [2.24, 2.45) is 5.92 Å². The Morgan fingerprint density at radius 2 is 2.13 bits per heavy atom. The molecule has 15 heavy (non-hydrogen) atoms. The maximum Gasteiger partial charge on any atom is 0.0581 e. The molecule has 0 saturated heterocycles. The second-order valence-electron chi connectivity index (χ2n) is 4.50. The fourth-order valence-corrected chi connectivity index (χ4v) is 2.00. The maximum absolute atomic E-state index is 8.89. The van der Waals surface area contributed by atoms with Gasteiger partial charge in [0.15, 0.2) is 0 Å². The van der Waals surface area contributed by atoms with E-state index in [1.54, 1.807) is 0 Å². The van der Waals surface area contributed by atoms with Crippen LogP contribution in [0.15, 0.2) is 30.3 Å². The summed E-state index contributed by atoms with van der Waals surface area (Å²) in [5.41, 5.74) is 1.46. The van der Waals surface area contributed by atoms with E-state index < -0.39 is 0 Å². The Kier molecular flexibility index (Phi) is 3.39. The van der Waals surface area contributed by atoms with Crippen LogP contribution in [-0.4, -0.2) is 24.3 Å². The van der Waals surface area contributed by atoms with Gasteiger partial charge in [-0.3, -0.25) is 0 Å². The largest absolute Gasteiger partial charge is 0.395 e. The number of hydrogen-bond donors (Lipinski definition) is 2. The lowest BCUT2D eigenvalue weighted by atomic mass is 10.1. The van der Waals surface area contributed by atoms with Gasteiger partial charge in [0.25, 0.3) is 0 Å². The zero-order valence-corrected chi connectivity index (χ0v) is 9.19. The summed E-state index contributed by atoms with van der Waals surface area (Å²) in [6, 6.07) is 10.9. The van der Waals surface area contributed by atoms with Crippen LogP contribution in [0.3, 0.4) is 0 Å². The van der Waals surface area contributed by atoms with Crippen LogP contribution in [0.25, 0.3) is 0 Å². The van der Waals surface area contributed by atoms with Gasteiger partial charge in [-0.2, -0.15) is 0 Å². The SMILES string of the molecule is CC(CO)NCC1CC1c1ccccc1. The molecule has 2 heteroatoms. The van der Waals surface area contributed by atoms with Crippen molar-refractivity contribution >= 4 is 0 Å². The summed E-state index contributed by atoms with van der Waals surface area (Å²) >= 11 is 0. The first kappa shape index (κ1) is 10.7. The summed E-state index contributed by atoms with van der Waals surface area (Å²) in [4.78, 5) is 0. The highest BCUT2D eigenvalue weighted by Gasteiger charge is 2.37. The lowest BCUT2D eigenvalue weighted by Gasteiger charge is -2.09. The number of hydrogen-bond acceptors (Lipinski definition) is 2. The van der Waals surface area contributed by atoms with E-state index in [0.29, 0.717) is 0 Å². The Hall–Kier alpha value is -0.860. The van der Waals surface area contributed by atoms with Crippen LogP contribution in [0.4, 0.5) is 0 Å². The van der Waals surface area contributed by atoms with Crippen molar-refractivity contribution in [2.45, 2.75) is 25.3 Å². The number of benzene rings is 1. The Morgan fingerprint density at radius 1 is 1.40 bits per heavy atom. The molecular weight excluding hydrogens is 186 g/mol. The highest BCUT2D eigenvalue weighted by Crippen LogP contribution is 2.46. The Labute approximate surface area is 91.3 Å². The Morgan fingerprint density at radius 3 is 2.80 bits per heavy atom. The van der Waals surface area contributed by atoms with E-state index in [9.17, 15) is 0 Å². The minimum Gasteiger partial charge on any atom is -0.395 e. The van der Waals surface area contributed by atoms with Gasteiger partial charge in [0.1, 0.15) is 0 Å². The van der Waals surface area contributed by atoms with Crippen molar-refractivity contribution in [3.63, 3.8) is 0 Å². The van der Waals surface area contributed by atoms with Crippen LogP contribution < -0.4 is 5.32 Å². The average molecular weight is 205 g/mol. The molecule has 0 heterocycles. The minimum absolute atomic E-state index is 0.224. The topological polar surface area (TPSA) is 32.3 Å². The summed E-state index contributed by atoms with van der Waals surface area (Å²) in [5.74, 6) is 1.51. The van der Waals surface area contributed by atoms with Crippen LogP contribution in [0, 0.1) is 5.92 Å². The smallest absolute Gasteiger partial charge is 0.0581 e. The van der Waals surface area contributed by atoms with E-state index in [0.717, 1.165) is 18.4 Å². The minimum atomic E-state index is 0.224. The maximum atomic E-state index is 8.89. The third-order valence-corrected chi connectivity index (χ3v) is 3.15. The molecular formula is C13H19NO. The molecule has 1 fully saturated rings. The van der Waals surface area contributed by atoms with Gasteiger partial charge in [0, 0.05) is 6.04 Å². The zero-order chi connectivity index (χ0) is 10.7. The molecule has 2 N–H and O–H groups in total. The number of rotatable bonds is 5. The highest BCUT2D eigenvalue weighted by molar-refractivity contribution is 5.25. The molecule has 1 aromatic rings. The molecule has 1 aliphatic carbocycles. The third kappa shape index (κ3) is 2.80. The van der Waals surface area contributed by atoms with Gasteiger partial charge >= 0.3 is 0 Å². The Bertz CT molecular complexity index is 299. The van der Waals surface area contributed by atoms with Crippen LogP contribution in [0.2, 0.25) is 0 Å². The van der Waals surface area contributed by atoms with E-state index in [2.05, 4.69) is 35.6 Å². The van der Waals surface area contributed by atoms with E-state index in [1.165, 1.54) is 12.0 Å². The summed E-state index contributed by atoms with van der Waals surface area (Å²) in [6.45, 7) is 3.27. The molecule has 82 valence electrons. The van der Waals surface area contributed by atoms with Crippen molar-refractivity contribution in [3.8, 4) is 0 Å². The quantitative estimate of drug-likeness (QED) is 0.767. The first-order chi connectivity index (χ1) is 7.31. The van der Waals surface area contributed by atoms with Gasteiger partial charge in [0.05, 0.1) is 6.61 Å². The molecule has 0 amide bonds. The van der Waals surface area contributed by atoms with Crippen LogP contribution >= 0.6 is 0 Å². The van der Waals surface area contributed by atoms with Crippen molar-refractivity contribution in [1.82, 2.24) is 5.32 Å². The monoisotopic (exact) mass is 205 g/mol. The van der Waals surface area contributed by atoms with Crippen LogP contribution in [0.5, 0.6) is 0 Å². The molecule has 0 bridgehead atoms. The molecule has 0 radical (unpaired) electrons. The predicted molar refractivity (Wildman–Crippen MR) is 61.8 cm³/mol. The summed E-state index contributed by atoms with van der Waals surface area (Å²) in [7, 11) is 0. The summed E-state index contributed by atoms with van der Waals surface area (Å²) < 4.78 is 0. The van der Waals surface area contributed by atoms with Gasteiger partial charge in [-0.15, -0.1) is 0 Å². The number of aliphatic hydroxyl groups excluding tert-OH is 1. The van der Waals surface area contributed by atoms with Crippen LogP contribution in [0.1, 0.15) is 24.8 Å². The molecule has 1 aliphatic rings. The second kappa shape index (κ2) is 4.77. The molecule has 3 unspecified atom stereocenters. The van der Waals surface area contributed by atoms with E-state index in [1.807, 2.05) is 6.92 Å². The Balaban J connectivity index is 1.77. The molecule has 0 aliphatic heterocycles. The van der Waals surface area contributed by atoms with Gasteiger partial charge in [-0.1, -0.05) is 30.3 Å². The third-order valence-electron chi connectivity index (χ3n) is 3.15. The normalized spacial score (nSPS) is 26.3. The number of nitrogens with one attached hydrogen (secondary N) is 1. The fraction of sp³-hybridized carbons (Fsp3) is 0.538. The van der Waals surface area contributed by atoms with Crippen molar-refractivity contribution in [2.75, 3.05) is 13.2 Å². The molecule has 2 rings (SSSR count). The first-order valence-corrected chi connectivity index (χ1v) is 5.70. The van der Waals surface area contributed by atoms with Gasteiger partial charge in [0.2, 0.25) is 0 Å². The van der Waals surface area contributed by atoms with Crippen molar-refractivity contribution in [3.05, 3.63) is 35.9 Å². The van der Waals surface area contributed by atoms with Crippen molar-refractivity contribution in [1.29, 1.82) is 0 Å². The van der Waals surface area contributed by atoms with Gasteiger partial charge in [-0.05, 0) is 37.3 Å². The summed E-state index contributed by atoms with van der Waals surface area (Å²) in [5, 5.41) is 12.2. The standard InChI is InChI=1S/C13H19NO/c1-10(9-15)14-8-12-7-13(12)11-5-3-2-4-6-11/h2-6,10,12-15H,7-9H2,1H3. The molecule has 0 spiro atoms. The van der Waals surface area contributed by atoms with E-state index in [4.69, 9.17) is 5.11 Å². The zero-order valence-electron chi connectivity index (χ0n) is 9.19. The second-order valence-corrected chi connectivity index (χ2v) is 4.50.